The van der Waals surface area contributed by atoms with Gasteiger partial charge in [0.05, 0.1) is 24.3 Å². The van der Waals surface area contributed by atoms with Crippen molar-refractivity contribution >= 4 is 40.0 Å². The molecule has 0 bridgehead atoms. The van der Waals surface area contributed by atoms with Gasteiger partial charge in [0.15, 0.2) is 18.2 Å². The maximum absolute atomic E-state index is 12.5. The molecule has 0 aromatic carbocycles. The Hall–Kier alpha value is -3.07. The van der Waals surface area contributed by atoms with Gasteiger partial charge in [-0.3, -0.25) is 9.59 Å². The van der Waals surface area contributed by atoms with E-state index in [0.717, 1.165) is 11.3 Å². The quantitative estimate of drug-likeness (QED) is 0.401. The maximum Gasteiger partial charge on any atom is 0.348 e. The highest BCUT2D eigenvalue weighted by molar-refractivity contribution is 7.18. The number of thiophene rings is 1. The number of nitrogens with one attached hydrogen (secondary N) is 1. The lowest BCUT2D eigenvalue weighted by atomic mass is 10.1. The first kappa shape index (κ1) is 22.2. The van der Waals surface area contributed by atoms with Crippen molar-refractivity contribution in [3.63, 3.8) is 0 Å². The van der Waals surface area contributed by atoms with E-state index >= 15 is 0 Å². The van der Waals surface area contributed by atoms with Crippen molar-refractivity contribution in [3.8, 4) is 0 Å². The number of esters is 2. The molecule has 2 aromatic heterocycles. The summed E-state index contributed by atoms with van der Waals surface area (Å²) in [6.07, 6.45) is 3.22. The topological polar surface area (TPSA) is 103 Å². The number of rotatable bonds is 8. The van der Waals surface area contributed by atoms with Crippen molar-refractivity contribution < 1.29 is 33.2 Å². The monoisotopic (exact) mass is 419 g/mol. The summed E-state index contributed by atoms with van der Waals surface area (Å²) >= 11 is 0.965. The largest absolute Gasteiger partial charge is 0.462 e. The molecule has 1 amide bonds. The number of ether oxygens (including phenoxy) is 2. The number of aromatic nitrogens is 1. The van der Waals surface area contributed by atoms with E-state index in [-0.39, 0.29) is 41.0 Å². The number of hydrogen-bond acceptors (Lipinski definition) is 7. The Morgan fingerprint density at radius 1 is 1.10 bits per heavy atom. The summed E-state index contributed by atoms with van der Waals surface area (Å²) in [5.74, 6) is -1.72. The van der Waals surface area contributed by atoms with Gasteiger partial charge in [-0.05, 0) is 39.3 Å². The normalized spacial score (nSPS) is 10.3. The van der Waals surface area contributed by atoms with Crippen molar-refractivity contribution in [2.75, 3.05) is 18.5 Å². The summed E-state index contributed by atoms with van der Waals surface area (Å²) in [5.41, 5.74) is 1.01. The Morgan fingerprint density at radius 2 is 1.76 bits per heavy atom. The van der Waals surface area contributed by atoms with Crippen molar-refractivity contribution in [1.82, 2.24) is 0 Å². The Balaban J connectivity index is 2.30. The van der Waals surface area contributed by atoms with E-state index in [2.05, 4.69) is 5.32 Å². The van der Waals surface area contributed by atoms with E-state index in [1.54, 1.807) is 49.9 Å². The Labute approximate surface area is 172 Å². The highest BCUT2D eigenvalue weighted by atomic mass is 32.1. The zero-order valence-electron chi connectivity index (χ0n) is 16.7. The number of anilines is 1. The van der Waals surface area contributed by atoms with E-state index in [9.17, 15) is 19.2 Å². The summed E-state index contributed by atoms with van der Waals surface area (Å²) in [7, 11) is 0. The van der Waals surface area contributed by atoms with Gasteiger partial charge >= 0.3 is 11.9 Å². The van der Waals surface area contributed by atoms with Crippen LogP contribution in [-0.2, 0) is 20.8 Å². The fourth-order valence-electron chi connectivity index (χ4n) is 2.60. The fourth-order valence-corrected chi connectivity index (χ4v) is 3.71. The number of amides is 1. The van der Waals surface area contributed by atoms with Gasteiger partial charge in [-0.15, -0.1) is 11.3 Å². The third kappa shape index (κ3) is 5.47. The minimum Gasteiger partial charge on any atom is -0.462 e. The molecule has 0 saturated carbocycles. The van der Waals surface area contributed by atoms with Gasteiger partial charge in [-0.2, -0.15) is 4.57 Å². The average Bonchev–Trinajstić information content (AvgIpc) is 2.98. The molecule has 0 spiro atoms. The first-order valence-corrected chi connectivity index (χ1v) is 9.87. The van der Waals surface area contributed by atoms with Crippen LogP contribution in [0.2, 0.25) is 0 Å². The van der Waals surface area contributed by atoms with Gasteiger partial charge < -0.3 is 14.8 Å². The highest BCUT2D eigenvalue weighted by Gasteiger charge is 2.27. The molecular weight excluding hydrogens is 396 g/mol. The van der Waals surface area contributed by atoms with Gasteiger partial charge in [0.2, 0.25) is 6.54 Å². The molecule has 1 N–H and O–H groups in total. The molecule has 154 valence electrons. The number of nitrogens with zero attached hydrogens (tertiary/aromatic N) is 1. The molecular formula is C20H23N2O6S+. The molecule has 0 aliphatic carbocycles. The van der Waals surface area contributed by atoms with E-state index in [4.69, 9.17) is 9.47 Å². The summed E-state index contributed by atoms with van der Waals surface area (Å²) in [5, 5.41) is 2.89. The summed E-state index contributed by atoms with van der Waals surface area (Å²) in [6.45, 7) is 6.67. The zero-order valence-corrected chi connectivity index (χ0v) is 17.6. The van der Waals surface area contributed by atoms with Crippen molar-refractivity contribution in [2.45, 2.75) is 34.2 Å². The molecule has 29 heavy (non-hydrogen) atoms. The third-order valence-corrected chi connectivity index (χ3v) is 5.12. The number of carbonyl (C=O) groups excluding carboxylic acids is 4. The Morgan fingerprint density at radius 3 is 2.38 bits per heavy atom. The van der Waals surface area contributed by atoms with E-state index in [0.29, 0.717) is 11.1 Å². The number of hydrogen-bond donors (Lipinski definition) is 1. The smallest absolute Gasteiger partial charge is 0.348 e. The second-order valence-electron chi connectivity index (χ2n) is 6.07. The van der Waals surface area contributed by atoms with Gasteiger partial charge in [0, 0.05) is 6.07 Å². The van der Waals surface area contributed by atoms with Gasteiger partial charge in [-0.25, -0.2) is 9.59 Å². The molecule has 0 atom stereocenters. The van der Waals surface area contributed by atoms with Gasteiger partial charge in [-0.1, -0.05) is 0 Å². The number of pyridine rings is 1. The van der Waals surface area contributed by atoms with Crippen LogP contribution in [0.15, 0.2) is 24.5 Å². The van der Waals surface area contributed by atoms with Crippen LogP contribution in [0, 0.1) is 6.92 Å². The van der Waals surface area contributed by atoms with Crippen LogP contribution in [0.4, 0.5) is 5.00 Å². The lowest BCUT2D eigenvalue weighted by Gasteiger charge is -2.06. The second-order valence-corrected chi connectivity index (χ2v) is 7.09. The summed E-state index contributed by atoms with van der Waals surface area (Å²) in [6, 6.07) is 3.33. The summed E-state index contributed by atoms with van der Waals surface area (Å²) < 4.78 is 11.6. The summed E-state index contributed by atoms with van der Waals surface area (Å²) in [4.78, 5) is 48.8. The predicted molar refractivity (Wildman–Crippen MR) is 106 cm³/mol. The van der Waals surface area contributed by atoms with E-state index in [1.165, 1.54) is 6.92 Å². The number of carbonyl (C=O) groups is 4. The molecule has 0 saturated heterocycles. The lowest BCUT2D eigenvalue weighted by Crippen LogP contribution is -2.40. The molecule has 2 heterocycles. The van der Waals surface area contributed by atoms with Crippen LogP contribution in [0.1, 0.15) is 56.7 Å². The predicted octanol–water partition coefficient (Wildman–Crippen LogP) is 2.54. The molecule has 2 aromatic rings. The van der Waals surface area contributed by atoms with Gasteiger partial charge in [0.1, 0.15) is 9.88 Å². The van der Waals surface area contributed by atoms with Crippen LogP contribution in [0.3, 0.4) is 0 Å². The van der Waals surface area contributed by atoms with Crippen LogP contribution < -0.4 is 9.88 Å². The molecule has 0 fully saturated rings. The van der Waals surface area contributed by atoms with E-state index in [1.807, 2.05) is 0 Å². The molecule has 0 aliphatic heterocycles. The highest BCUT2D eigenvalue weighted by Crippen LogP contribution is 2.34. The van der Waals surface area contributed by atoms with Crippen LogP contribution in [-0.4, -0.2) is 36.8 Å². The maximum atomic E-state index is 12.5. The van der Waals surface area contributed by atoms with Crippen LogP contribution in [0.5, 0.6) is 0 Å². The standard InChI is InChI=1S/C20H22N2O6S/c1-5-27-19(25)16-12(3)17(20(26)28-6-2)29-18(16)21-15(24)11-22-9-7-8-14(10-22)13(4)23/h7-10H,5-6,11H2,1-4H3/p+1. The van der Waals surface area contributed by atoms with Crippen molar-refractivity contribution in [3.05, 3.63) is 46.1 Å². The first-order chi connectivity index (χ1) is 13.8. The van der Waals surface area contributed by atoms with Crippen LogP contribution in [0.25, 0.3) is 0 Å². The number of Topliss-reactive ketones (excluding diaryl/α,β-unsaturated/α-hetero) is 1. The minimum absolute atomic E-state index is 0.0743. The molecule has 0 radical (unpaired) electrons. The number of ketones is 1. The first-order valence-electron chi connectivity index (χ1n) is 9.05. The minimum atomic E-state index is -0.627. The average molecular weight is 419 g/mol. The molecule has 0 unspecified atom stereocenters. The molecule has 9 heteroatoms. The molecule has 0 aliphatic rings. The second kappa shape index (κ2) is 9.92. The Kier molecular flexibility index (Phi) is 7.60. The Bertz CT molecular complexity index is 950. The van der Waals surface area contributed by atoms with Crippen molar-refractivity contribution in [1.29, 1.82) is 0 Å². The lowest BCUT2D eigenvalue weighted by molar-refractivity contribution is -0.684. The van der Waals surface area contributed by atoms with Crippen molar-refractivity contribution in [2.24, 2.45) is 0 Å². The van der Waals surface area contributed by atoms with Crippen LogP contribution >= 0.6 is 11.3 Å². The third-order valence-electron chi connectivity index (χ3n) is 3.93. The molecule has 8 nitrogen and oxygen atoms in total. The molecule has 2 rings (SSSR count). The SMILES string of the molecule is CCOC(=O)c1sc(NC(=O)C[n+]2cccc(C(C)=O)c2)c(C(=O)OCC)c1C. The van der Waals surface area contributed by atoms with Gasteiger partial charge in [0.25, 0.3) is 5.91 Å². The zero-order chi connectivity index (χ0) is 21.6. The van der Waals surface area contributed by atoms with E-state index < -0.39 is 17.8 Å². The fraction of sp³-hybridized carbons (Fsp3) is 0.350.